The molecule has 0 saturated carbocycles. The minimum Gasteiger partial charge on any atom is -0.348 e. The lowest BCUT2D eigenvalue weighted by Crippen LogP contribution is -2.46. The zero-order valence-electron chi connectivity index (χ0n) is 20.1. The second-order valence-electron chi connectivity index (χ2n) is 8.79. The first kappa shape index (κ1) is 24.6. The number of carbonyl (C=O) groups excluding carboxylic acids is 3. The number of rotatable bonds is 6. The molecule has 1 aromatic carbocycles. The Balaban J connectivity index is 1.45. The number of aryl methyl sites for hydroxylation is 1. The predicted octanol–water partition coefficient (Wildman–Crippen LogP) is 3.77. The summed E-state index contributed by atoms with van der Waals surface area (Å²) in [5.74, 6) is -2.13. The molecule has 1 saturated heterocycles. The lowest BCUT2D eigenvalue weighted by atomic mass is 10.0. The molecule has 1 aliphatic heterocycles. The Bertz CT molecular complexity index is 1280. The van der Waals surface area contributed by atoms with Crippen molar-refractivity contribution in [3.63, 3.8) is 0 Å². The van der Waals surface area contributed by atoms with Gasteiger partial charge in [-0.2, -0.15) is 0 Å². The maximum absolute atomic E-state index is 13.6. The van der Waals surface area contributed by atoms with Crippen molar-refractivity contribution in [3.8, 4) is 0 Å². The summed E-state index contributed by atoms with van der Waals surface area (Å²) in [6, 6.07) is 4.21. The van der Waals surface area contributed by atoms with E-state index in [1.807, 2.05) is 5.38 Å². The minimum absolute atomic E-state index is 0.103. The fourth-order valence-corrected chi connectivity index (χ4v) is 5.19. The first-order valence-corrected chi connectivity index (χ1v) is 12.3. The average molecular weight is 498 g/mol. The molecule has 0 spiro atoms. The molecule has 35 heavy (non-hydrogen) atoms. The van der Waals surface area contributed by atoms with Gasteiger partial charge in [0.15, 0.2) is 5.13 Å². The normalized spacial score (nSPS) is 14.1. The topological polar surface area (TPSA) is 96.3 Å². The fraction of sp³-hybridized carbons (Fsp3) is 0.360. The lowest BCUT2D eigenvalue weighted by Gasteiger charge is -2.32. The van der Waals surface area contributed by atoms with E-state index in [-0.39, 0.29) is 17.6 Å². The molecule has 0 aliphatic carbocycles. The van der Waals surface area contributed by atoms with Gasteiger partial charge in [-0.15, -0.1) is 11.3 Å². The van der Waals surface area contributed by atoms with Crippen LogP contribution in [0.15, 0.2) is 29.8 Å². The average Bonchev–Trinajstić information content (AvgIpc) is 3.43. The van der Waals surface area contributed by atoms with E-state index in [9.17, 15) is 18.8 Å². The summed E-state index contributed by atoms with van der Waals surface area (Å²) in [6.07, 6.45) is 3.20. The van der Waals surface area contributed by atoms with Crippen LogP contribution in [0.5, 0.6) is 0 Å². The van der Waals surface area contributed by atoms with Gasteiger partial charge < -0.3 is 20.1 Å². The van der Waals surface area contributed by atoms with Gasteiger partial charge in [-0.05, 0) is 62.9 Å². The summed E-state index contributed by atoms with van der Waals surface area (Å²) in [5, 5.41) is 8.52. The van der Waals surface area contributed by atoms with Crippen molar-refractivity contribution in [3.05, 3.63) is 63.7 Å². The number of piperidine rings is 1. The van der Waals surface area contributed by atoms with Crippen molar-refractivity contribution in [1.82, 2.24) is 14.9 Å². The van der Waals surface area contributed by atoms with Crippen molar-refractivity contribution in [2.45, 2.75) is 39.7 Å². The van der Waals surface area contributed by atoms with Crippen LogP contribution in [0.2, 0.25) is 0 Å². The molecule has 0 radical (unpaired) electrons. The highest BCUT2D eigenvalue weighted by molar-refractivity contribution is 7.13. The molecule has 2 amide bonds. The van der Waals surface area contributed by atoms with Crippen LogP contribution < -0.4 is 15.5 Å². The summed E-state index contributed by atoms with van der Waals surface area (Å²) >= 11 is 1.58. The van der Waals surface area contributed by atoms with E-state index < -0.39 is 17.6 Å². The number of anilines is 2. The van der Waals surface area contributed by atoms with E-state index in [1.165, 1.54) is 12.1 Å². The zero-order chi connectivity index (χ0) is 25.3. The van der Waals surface area contributed by atoms with Crippen molar-refractivity contribution < 1.29 is 18.8 Å². The molecule has 0 atom stereocenters. The van der Waals surface area contributed by atoms with Crippen LogP contribution in [-0.2, 0) is 11.8 Å². The third-order valence-corrected chi connectivity index (χ3v) is 7.35. The Morgan fingerprint density at radius 2 is 1.86 bits per heavy atom. The van der Waals surface area contributed by atoms with Crippen molar-refractivity contribution in [2.24, 2.45) is 7.05 Å². The van der Waals surface area contributed by atoms with Gasteiger partial charge in [-0.25, -0.2) is 9.37 Å². The molecule has 8 nitrogen and oxygen atoms in total. The maximum atomic E-state index is 13.6. The molecule has 3 heterocycles. The third-order valence-electron chi connectivity index (χ3n) is 6.51. The standard InChI is InChI=1S/C25H28FN5O3S/c1-14-13-18(5-6-19(14)26)29-23(33)20-15(2)21(30(4)16(20)3)22(32)24(34)28-17-7-10-31(11-8-17)25-27-9-12-35-25/h5-6,9,12-13,17H,7-8,10-11H2,1-4H3,(H,28,34)(H,29,33). The van der Waals surface area contributed by atoms with Gasteiger partial charge in [0, 0.05) is 49.1 Å². The van der Waals surface area contributed by atoms with Crippen LogP contribution in [0, 0.1) is 26.6 Å². The van der Waals surface area contributed by atoms with E-state index in [1.54, 1.807) is 56.0 Å². The summed E-state index contributed by atoms with van der Waals surface area (Å²) < 4.78 is 15.1. The van der Waals surface area contributed by atoms with Crippen LogP contribution in [0.1, 0.15) is 50.5 Å². The van der Waals surface area contributed by atoms with Crippen molar-refractivity contribution in [2.75, 3.05) is 23.3 Å². The molecular formula is C25H28FN5O3S. The zero-order valence-corrected chi connectivity index (χ0v) is 21.0. The van der Waals surface area contributed by atoms with E-state index in [4.69, 9.17) is 0 Å². The number of amides is 2. The van der Waals surface area contributed by atoms with E-state index >= 15 is 0 Å². The largest absolute Gasteiger partial charge is 0.348 e. The molecule has 2 aromatic heterocycles. The monoisotopic (exact) mass is 497 g/mol. The van der Waals surface area contributed by atoms with Gasteiger partial charge in [0.2, 0.25) is 0 Å². The van der Waals surface area contributed by atoms with Crippen LogP contribution in [0.4, 0.5) is 15.2 Å². The molecule has 4 rings (SSSR count). The number of aromatic nitrogens is 2. The Morgan fingerprint density at radius 1 is 1.14 bits per heavy atom. The van der Waals surface area contributed by atoms with Gasteiger partial charge in [-0.3, -0.25) is 14.4 Å². The number of hydrogen-bond donors (Lipinski definition) is 2. The fourth-order valence-electron chi connectivity index (χ4n) is 4.50. The number of ketones is 1. The smallest absolute Gasteiger partial charge is 0.294 e. The summed E-state index contributed by atoms with van der Waals surface area (Å²) in [7, 11) is 1.66. The maximum Gasteiger partial charge on any atom is 0.294 e. The number of thiazole rings is 1. The van der Waals surface area contributed by atoms with E-state index in [0.29, 0.717) is 40.9 Å². The molecule has 2 N–H and O–H groups in total. The molecule has 3 aromatic rings. The Labute approximate surface area is 207 Å². The summed E-state index contributed by atoms with van der Waals surface area (Å²) in [5.41, 5.74) is 2.36. The molecule has 0 bridgehead atoms. The van der Waals surface area contributed by atoms with Crippen LogP contribution >= 0.6 is 11.3 Å². The Hall–Kier alpha value is -3.53. The number of halogens is 1. The van der Waals surface area contributed by atoms with Gasteiger partial charge in [0.25, 0.3) is 17.6 Å². The second-order valence-corrected chi connectivity index (χ2v) is 9.66. The van der Waals surface area contributed by atoms with Crippen molar-refractivity contribution >= 4 is 39.8 Å². The SMILES string of the molecule is Cc1cc(NC(=O)c2c(C)c(C(=O)C(=O)NC3CCN(c4nccs4)CC3)n(C)c2C)ccc1F. The highest BCUT2D eigenvalue weighted by Gasteiger charge is 2.30. The lowest BCUT2D eigenvalue weighted by molar-refractivity contribution is -0.117. The molecule has 0 unspecified atom stereocenters. The molecule has 184 valence electrons. The highest BCUT2D eigenvalue weighted by atomic mass is 32.1. The number of benzene rings is 1. The van der Waals surface area contributed by atoms with Gasteiger partial charge in [-0.1, -0.05) is 0 Å². The van der Waals surface area contributed by atoms with Gasteiger partial charge in [0.1, 0.15) is 5.82 Å². The molecule has 1 aliphatic rings. The quantitative estimate of drug-likeness (QED) is 0.399. The number of carbonyl (C=O) groups is 3. The van der Waals surface area contributed by atoms with Crippen LogP contribution in [0.25, 0.3) is 0 Å². The summed E-state index contributed by atoms with van der Waals surface area (Å²) in [4.78, 5) is 45.5. The third kappa shape index (κ3) is 4.97. The molecular weight excluding hydrogens is 469 g/mol. The van der Waals surface area contributed by atoms with E-state index in [2.05, 4.69) is 20.5 Å². The summed E-state index contributed by atoms with van der Waals surface area (Å²) in [6.45, 7) is 6.50. The van der Waals surface area contributed by atoms with Crippen molar-refractivity contribution in [1.29, 1.82) is 0 Å². The highest BCUT2D eigenvalue weighted by Crippen LogP contribution is 2.25. The number of hydrogen-bond acceptors (Lipinski definition) is 6. The number of nitrogens with zero attached hydrogens (tertiary/aromatic N) is 3. The Morgan fingerprint density at radius 3 is 2.49 bits per heavy atom. The first-order chi connectivity index (χ1) is 16.7. The first-order valence-electron chi connectivity index (χ1n) is 11.4. The number of Topliss-reactive ketones (excluding diaryl/α,β-unsaturated/α-hetero) is 1. The van der Waals surface area contributed by atoms with Crippen LogP contribution in [-0.4, -0.2) is 46.3 Å². The van der Waals surface area contributed by atoms with E-state index in [0.717, 1.165) is 18.2 Å². The number of nitrogens with one attached hydrogen (secondary N) is 2. The van der Waals surface area contributed by atoms with Gasteiger partial charge >= 0.3 is 0 Å². The Kier molecular flexibility index (Phi) is 7.02. The second kappa shape index (κ2) is 9.99. The molecule has 10 heteroatoms. The minimum atomic E-state index is -0.678. The predicted molar refractivity (Wildman–Crippen MR) is 134 cm³/mol. The van der Waals surface area contributed by atoms with Gasteiger partial charge in [0.05, 0.1) is 11.3 Å². The van der Waals surface area contributed by atoms with Crippen LogP contribution in [0.3, 0.4) is 0 Å². The molecule has 1 fully saturated rings.